The largest absolute Gasteiger partial charge is 0.480 e. The third kappa shape index (κ3) is 5.82. The number of nitrogens with one attached hydrogen (secondary N) is 2. The number of methoxy groups -OCH3 is 1. The van der Waals surface area contributed by atoms with E-state index in [0.29, 0.717) is 0 Å². The summed E-state index contributed by atoms with van der Waals surface area (Å²) >= 11 is 1.50. The highest BCUT2D eigenvalue weighted by Crippen LogP contribution is 2.17. The number of thiophene rings is 1. The average Bonchev–Trinajstić information content (AvgIpc) is 2.96. The Balaban J connectivity index is 2.48. The summed E-state index contributed by atoms with van der Waals surface area (Å²) in [6, 6.07) is 1.79. The lowest BCUT2D eigenvalue weighted by Gasteiger charge is -2.17. The minimum absolute atomic E-state index is 0.0250. The number of ether oxygens (including phenoxy) is 1. The summed E-state index contributed by atoms with van der Waals surface area (Å²) in [5.74, 6) is -1.71. The van der Waals surface area contributed by atoms with Crippen molar-refractivity contribution in [1.29, 1.82) is 0 Å². The lowest BCUT2D eigenvalue weighted by Crippen LogP contribution is -2.46. The molecule has 1 aromatic heterocycles. The Morgan fingerprint density at radius 1 is 1.38 bits per heavy atom. The molecule has 0 radical (unpaired) electrons. The molecule has 116 valence electrons. The van der Waals surface area contributed by atoms with Gasteiger partial charge in [-0.3, -0.25) is 4.79 Å². The van der Waals surface area contributed by atoms with E-state index in [1.54, 1.807) is 6.92 Å². The Labute approximate surface area is 126 Å². The zero-order valence-electron chi connectivity index (χ0n) is 11.8. The topological polar surface area (TPSA) is 105 Å². The SMILES string of the molecule is COC(=O)CC[C@H](NC(=O)NC(C)c1cccs1)C(=O)O. The molecule has 0 aliphatic heterocycles. The molecule has 0 saturated carbocycles. The van der Waals surface area contributed by atoms with Gasteiger partial charge in [0.2, 0.25) is 0 Å². The monoisotopic (exact) mass is 314 g/mol. The fourth-order valence-corrected chi connectivity index (χ4v) is 2.36. The van der Waals surface area contributed by atoms with Gasteiger partial charge >= 0.3 is 18.0 Å². The van der Waals surface area contributed by atoms with E-state index in [-0.39, 0.29) is 18.9 Å². The molecule has 0 aliphatic carbocycles. The third-order valence-electron chi connectivity index (χ3n) is 2.79. The average molecular weight is 314 g/mol. The molecule has 7 nitrogen and oxygen atoms in total. The van der Waals surface area contributed by atoms with Crippen molar-refractivity contribution >= 4 is 29.3 Å². The van der Waals surface area contributed by atoms with Crippen LogP contribution in [0.5, 0.6) is 0 Å². The smallest absolute Gasteiger partial charge is 0.326 e. The zero-order valence-corrected chi connectivity index (χ0v) is 12.6. The van der Waals surface area contributed by atoms with Crippen LogP contribution in [0.25, 0.3) is 0 Å². The van der Waals surface area contributed by atoms with Crippen LogP contribution in [0.15, 0.2) is 17.5 Å². The van der Waals surface area contributed by atoms with Gasteiger partial charge in [0, 0.05) is 11.3 Å². The van der Waals surface area contributed by atoms with Gasteiger partial charge < -0.3 is 20.5 Å². The van der Waals surface area contributed by atoms with E-state index in [9.17, 15) is 14.4 Å². The molecule has 0 aromatic carbocycles. The number of hydrogen-bond donors (Lipinski definition) is 3. The summed E-state index contributed by atoms with van der Waals surface area (Å²) in [4.78, 5) is 34.8. The quantitative estimate of drug-likeness (QED) is 0.662. The van der Waals surface area contributed by atoms with Gasteiger partial charge in [-0.25, -0.2) is 9.59 Å². The van der Waals surface area contributed by atoms with Crippen molar-refractivity contribution < 1.29 is 24.2 Å². The molecule has 3 N–H and O–H groups in total. The van der Waals surface area contributed by atoms with Crippen molar-refractivity contribution in [2.75, 3.05) is 7.11 Å². The third-order valence-corrected chi connectivity index (χ3v) is 3.84. The number of esters is 1. The highest BCUT2D eigenvalue weighted by Gasteiger charge is 2.22. The summed E-state index contributed by atoms with van der Waals surface area (Å²) in [5.41, 5.74) is 0. The molecule has 0 bridgehead atoms. The number of carboxylic acid groups (broad SMARTS) is 1. The number of urea groups is 1. The van der Waals surface area contributed by atoms with E-state index in [2.05, 4.69) is 15.4 Å². The van der Waals surface area contributed by atoms with Crippen LogP contribution in [0.1, 0.15) is 30.7 Å². The van der Waals surface area contributed by atoms with Crippen LogP contribution in [0.4, 0.5) is 4.79 Å². The minimum Gasteiger partial charge on any atom is -0.480 e. The van der Waals surface area contributed by atoms with Crippen molar-refractivity contribution in [2.24, 2.45) is 0 Å². The maximum Gasteiger partial charge on any atom is 0.326 e. The molecule has 2 amide bonds. The normalized spacial score (nSPS) is 13.0. The fourth-order valence-electron chi connectivity index (χ4n) is 1.63. The summed E-state index contributed by atoms with van der Waals surface area (Å²) in [7, 11) is 1.22. The Morgan fingerprint density at radius 3 is 2.62 bits per heavy atom. The molecule has 0 saturated heterocycles. The van der Waals surface area contributed by atoms with E-state index in [1.165, 1.54) is 18.4 Å². The molecule has 21 heavy (non-hydrogen) atoms. The van der Waals surface area contributed by atoms with Gasteiger partial charge in [-0.1, -0.05) is 6.07 Å². The number of carbonyl (C=O) groups excluding carboxylic acids is 2. The first-order chi connectivity index (χ1) is 9.93. The van der Waals surface area contributed by atoms with E-state index >= 15 is 0 Å². The van der Waals surface area contributed by atoms with Crippen LogP contribution < -0.4 is 10.6 Å². The Bertz CT molecular complexity index is 489. The molecular formula is C13H18N2O5S. The van der Waals surface area contributed by atoms with Gasteiger partial charge in [0.25, 0.3) is 0 Å². The number of carboxylic acids is 1. The molecule has 1 aromatic rings. The van der Waals surface area contributed by atoms with E-state index in [0.717, 1.165) is 4.88 Å². The maximum atomic E-state index is 11.8. The van der Waals surface area contributed by atoms with Crippen LogP contribution in [0, 0.1) is 0 Å². The van der Waals surface area contributed by atoms with Gasteiger partial charge in [0.15, 0.2) is 0 Å². The van der Waals surface area contributed by atoms with E-state index in [4.69, 9.17) is 5.11 Å². The van der Waals surface area contributed by atoms with Crippen molar-refractivity contribution in [1.82, 2.24) is 10.6 Å². The molecule has 2 atom stereocenters. The predicted molar refractivity (Wildman–Crippen MR) is 77.1 cm³/mol. The van der Waals surface area contributed by atoms with E-state index in [1.807, 2.05) is 17.5 Å². The maximum absolute atomic E-state index is 11.8. The van der Waals surface area contributed by atoms with Crippen molar-refractivity contribution in [2.45, 2.75) is 31.8 Å². The summed E-state index contributed by atoms with van der Waals surface area (Å²) in [5, 5.41) is 15.9. The molecule has 1 rings (SSSR count). The number of rotatable bonds is 7. The lowest BCUT2D eigenvalue weighted by atomic mass is 10.1. The zero-order chi connectivity index (χ0) is 15.8. The molecule has 1 heterocycles. The number of hydrogen-bond acceptors (Lipinski definition) is 5. The first-order valence-electron chi connectivity index (χ1n) is 6.34. The second-order valence-corrected chi connectivity index (χ2v) is 5.34. The number of amides is 2. The van der Waals surface area contributed by atoms with Crippen molar-refractivity contribution in [3.05, 3.63) is 22.4 Å². The van der Waals surface area contributed by atoms with Crippen LogP contribution in [-0.4, -0.2) is 36.2 Å². The van der Waals surface area contributed by atoms with Gasteiger partial charge in [0.05, 0.1) is 13.2 Å². The highest BCUT2D eigenvalue weighted by molar-refractivity contribution is 7.10. The van der Waals surface area contributed by atoms with Crippen LogP contribution in [-0.2, 0) is 14.3 Å². The summed E-state index contributed by atoms with van der Waals surface area (Å²) in [6.45, 7) is 1.80. The van der Waals surface area contributed by atoms with Crippen LogP contribution >= 0.6 is 11.3 Å². The van der Waals surface area contributed by atoms with Gasteiger partial charge in [-0.2, -0.15) is 0 Å². The van der Waals surface area contributed by atoms with Crippen LogP contribution in [0.3, 0.4) is 0 Å². The standard InChI is InChI=1S/C13H18N2O5S/c1-8(10-4-3-7-21-10)14-13(19)15-9(12(17)18)5-6-11(16)20-2/h3-4,7-9H,5-6H2,1-2H3,(H,17,18)(H2,14,15,19)/t8?,9-/m0/s1. The molecule has 0 aliphatic rings. The summed E-state index contributed by atoms with van der Waals surface area (Å²) < 4.78 is 4.44. The molecular weight excluding hydrogens is 296 g/mol. The molecule has 0 spiro atoms. The Morgan fingerprint density at radius 2 is 2.10 bits per heavy atom. The number of aliphatic carboxylic acids is 1. The predicted octanol–water partition coefficient (Wildman–Crippen LogP) is 1.51. The number of carbonyl (C=O) groups is 3. The van der Waals surface area contributed by atoms with Crippen molar-refractivity contribution in [3.63, 3.8) is 0 Å². The van der Waals surface area contributed by atoms with Gasteiger partial charge in [-0.15, -0.1) is 11.3 Å². The molecule has 1 unspecified atom stereocenters. The van der Waals surface area contributed by atoms with E-state index < -0.39 is 24.0 Å². The summed E-state index contributed by atoms with van der Waals surface area (Å²) in [6.07, 6.45) is -0.100. The Hall–Kier alpha value is -2.09. The second-order valence-electron chi connectivity index (χ2n) is 4.36. The first kappa shape index (κ1) is 17.0. The first-order valence-corrected chi connectivity index (χ1v) is 7.22. The van der Waals surface area contributed by atoms with Crippen LogP contribution in [0.2, 0.25) is 0 Å². The van der Waals surface area contributed by atoms with Crippen molar-refractivity contribution in [3.8, 4) is 0 Å². The Kier molecular flexibility index (Phi) is 6.67. The molecule has 0 fully saturated rings. The lowest BCUT2D eigenvalue weighted by molar-refractivity contribution is -0.142. The second kappa shape index (κ2) is 8.25. The minimum atomic E-state index is -1.20. The highest BCUT2D eigenvalue weighted by atomic mass is 32.1. The van der Waals surface area contributed by atoms with Gasteiger partial charge in [-0.05, 0) is 24.8 Å². The molecule has 8 heteroatoms. The van der Waals surface area contributed by atoms with Gasteiger partial charge in [0.1, 0.15) is 6.04 Å². The fraction of sp³-hybridized carbons (Fsp3) is 0.462.